The average molecular weight is 278 g/mol. The van der Waals surface area contributed by atoms with E-state index in [9.17, 15) is 4.39 Å². The van der Waals surface area contributed by atoms with Gasteiger partial charge in [-0.05, 0) is 19.1 Å². The van der Waals surface area contributed by atoms with E-state index < -0.39 is 0 Å². The van der Waals surface area contributed by atoms with Gasteiger partial charge in [-0.1, -0.05) is 12.1 Å². The van der Waals surface area contributed by atoms with E-state index in [0.717, 1.165) is 28.7 Å². The smallest absolute Gasteiger partial charge is 0.132 e. The summed E-state index contributed by atoms with van der Waals surface area (Å²) < 4.78 is 19.3. The molecule has 100 valence electrons. The lowest BCUT2D eigenvalue weighted by atomic mass is 10.1. The number of halogens is 1. The van der Waals surface area contributed by atoms with Gasteiger partial charge in [-0.25, -0.2) is 9.37 Å². The molecular weight excluding hydrogens is 263 g/mol. The Labute approximate surface area is 115 Å². The number of hydrogen-bond donors (Lipinski definition) is 1. The maximum Gasteiger partial charge on any atom is 0.132 e. The van der Waals surface area contributed by atoms with Crippen LogP contribution in [0.15, 0.2) is 24.3 Å². The van der Waals surface area contributed by atoms with Gasteiger partial charge in [0.1, 0.15) is 10.8 Å². The Kier molecular flexibility index (Phi) is 3.59. The molecule has 0 aliphatic carbocycles. The number of nitrogens with one attached hydrogen (secondary N) is 1. The van der Waals surface area contributed by atoms with E-state index in [1.54, 1.807) is 23.5 Å². The Morgan fingerprint density at radius 1 is 1.42 bits per heavy atom. The average Bonchev–Trinajstić information content (AvgIpc) is 2.82. The fourth-order valence-electron chi connectivity index (χ4n) is 2.19. The molecule has 1 aromatic heterocycles. The van der Waals surface area contributed by atoms with Gasteiger partial charge in [0.2, 0.25) is 0 Å². The predicted molar refractivity (Wildman–Crippen MR) is 73.8 cm³/mol. The van der Waals surface area contributed by atoms with Gasteiger partial charge in [-0.3, -0.25) is 0 Å². The fourth-order valence-corrected chi connectivity index (χ4v) is 3.19. The van der Waals surface area contributed by atoms with Crippen LogP contribution in [-0.2, 0) is 4.74 Å². The molecular formula is C14H15FN2OS. The third kappa shape index (κ3) is 2.54. The molecule has 5 heteroatoms. The topological polar surface area (TPSA) is 34.1 Å². The minimum absolute atomic E-state index is 0.123. The first kappa shape index (κ1) is 12.7. The van der Waals surface area contributed by atoms with E-state index in [-0.39, 0.29) is 11.9 Å². The van der Waals surface area contributed by atoms with Crippen molar-refractivity contribution in [3.63, 3.8) is 0 Å². The second kappa shape index (κ2) is 5.36. The summed E-state index contributed by atoms with van der Waals surface area (Å²) in [5, 5.41) is 4.34. The van der Waals surface area contributed by atoms with Gasteiger partial charge in [-0.15, -0.1) is 11.3 Å². The van der Waals surface area contributed by atoms with Crippen molar-refractivity contribution in [2.24, 2.45) is 0 Å². The van der Waals surface area contributed by atoms with Crippen molar-refractivity contribution in [3.05, 3.63) is 40.0 Å². The molecule has 1 atom stereocenters. The summed E-state index contributed by atoms with van der Waals surface area (Å²) in [4.78, 5) is 5.64. The summed E-state index contributed by atoms with van der Waals surface area (Å²) >= 11 is 1.60. The number of aryl methyl sites for hydroxylation is 1. The number of rotatable bonds is 2. The molecule has 1 saturated heterocycles. The summed E-state index contributed by atoms with van der Waals surface area (Å²) in [6.07, 6.45) is 0. The van der Waals surface area contributed by atoms with Crippen molar-refractivity contribution < 1.29 is 9.13 Å². The lowest BCUT2D eigenvalue weighted by Gasteiger charge is -2.21. The second-order valence-corrected chi connectivity index (χ2v) is 5.75. The molecule has 0 bridgehead atoms. The van der Waals surface area contributed by atoms with Gasteiger partial charge in [-0.2, -0.15) is 0 Å². The quantitative estimate of drug-likeness (QED) is 0.917. The number of benzene rings is 1. The second-order valence-electron chi connectivity index (χ2n) is 4.52. The van der Waals surface area contributed by atoms with Crippen molar-refractivity contribution in [2.45, 2.75) is 13.0 Å². The van der Waals surface area contributed by atoms with Crippen molar-refractivity contribution in [1.29, 1.82) is 0 Å². The molecule has 19 heavy (non-hydrogen) atoms. The minimum Gasteiger partial charge on any atom is -0.378 e. The van der Waals surface area contributed by atoms with Crippen molar-refractivity contribution >= 4 is 11.3 Å². The van der Waals surface area contributed by atoms with Crippen LogP contribution in [0.5, 0.6) is 0 Å². The summed E-state index contributed by atoms with van der Waals surface area (Å²) in [6, 6.07) is 6.89. The van der Waals surface area contributed by atoms with Crippen molar-refractivity contribution in [3.8, 4) is 11.3 Å². The minimum atomic E-state index is -0.227. The third-order valence-corrected chi connectivity index (χ3v) is 4.25. The van der Waals surface area contributed by atoms with Crippen LogP contribution < -0.4 is 5.32 Å². The highest BCUT2D eigenvalue weighted by Gasteiger charge is 2.21. The van der Waals surface area contributed by atoms with Crippen LogP contribution in [0, 0.1) is 12.7 Å². The van der Waals surface area contributed by atoms with Gasteiger partial charge in [0.15, 0.2) is 0 Å². The summed E-state index contributed by atoms with van der Waals surface area (Å²) in [6.45, 7) is 4.18. The molecule has 1 fully saturated rings. The van der Waals surface area contributed by atoms with Gasteiger partial charge in [0, 0.05) is 17.0 Å². The molecule has 1 N–H and O–H groups in total. The standard InChI is InChI=1S/C14H15FN2OS/c1-9-13(10-4-2-3-5-11(10)15)17-14(19-9)12-8-18-7-6-16-12/h2-5,12,16H,6-8H2,1H3. The van der Waals surface area contributed by atoms with Crippen LogP contribution >= 0.6 is 11.3 Å². The van der Waals surface area contributed by atoms with Crippen molar-refractivity contribution in [1.82, 2.24) is 10.3 Å². The molecule has 1 unspecified atom stereocenters. The maximum absolute atomic E-state index is 13.8. The highest BCUT2D eigenvalue weighted by atomic mass is 32.1. The zero-order valence-corrected chi connectivity index (χ0v) is 11.5. The molecule has 3 rings (SSSR count). The van der Waals surface area contributed by atoms with Crippen LogP contribution in [0.4, 0.5) is 4.39 Å². The Balaban J connectivity index is 1.95. The molecule has 1 aliphatic rings. The summed E-state index contributed by atoms with van der Waals surface area (Å²) in [7, 11) is 0. The van der Waals surface area contributed by atoms with Crippen LogP contribution in [0.3, 0.4) is 0 Å². The monoisotopic (exact) mass is 278 g/mol. The molecule has 2 heterocycles. The van der Waals surface area contributed by atoms with E-state index >= 15 is 0 Å². The summed E-state index contributed by atoms with van der Waals surface area (Å²) in [5.74, 6) is -0.227. The van der Waals surface area contributed by atoms with Crippen LogP contribution in [0.25, 0.3) is 11.3 Å². The molecule has 0 amide bonds. The van der Waals surface area contributed by atoms with Gasteiger partial charge >= 0.3 is 0 Å². The molecule has 2 aromatic rings. The Morgan fingerprint density at radius 2 is 2.26 bits per heavy atom. The lowest BCUT2D eigenvalue weighted by molar-refractivity contribution is 0.0768. The Hall–Kier alpha value is -1.30. The molecule has 1 aliphatic heterocycles. The molecule has 0 radical (unpaired) electrons. The Bertz CT molecular complexity index is 579. The number of hydrogen-bond acceptors (Lipinski definition) is 4. The predicted octanol–water partition coefficient (Wildman–Crippen LogP) is 2.92. The van der Waals surface area contributed by atoms with E-state index in [4.69, 9.17) is 4.74 Å². The number of aromatic nitrogens is 1. The van der Waals surface area contributed by atoms with E-state index in [0.29, 0.717) is 12.2 Å². The number of ether oxygens (including phenoxy) is 1. The van der Waals surface area contributed by atoms with Crippen molar-refractivity contribution in [2.75, 3.05) is 19.8 Å². The lowest BCUT2D eigenvalue weighted by Crippen LogP contribution is -2.34. The highest BCUT2D eigenvalue weighted by Crippen LogP contribution is 2.32. The summed E-state index contributed by atoms with van der Waals surface area (Å²) in [5.41, 5.74) is 1.31. The first-order chi connectivity index (χ1) is 9.25. The van der Waals surface area contributed by atoms with Gasteiger partial charge in [0.25, 0.3) is 0 Å². The number of nitrogens with zero attached hydrogens (tertiary/aromatic N) is 1. The Morgan fingerprint density at radius 3 is 3.00 bits per heavy atom. The van der Waals surface area contributed by atoms with Crippen LogP contribution in [-0.4, -0.2) is 24.7 Å². The zero-order chi connectivity index (χ0) is 13.2. The molecule has 0 spiro atoms. The van der Waals surface area contributed by atoms with Gasteiger partial charge < -0.3 is 10.1 Å². The SMILES string of the molecule is Cc1sc(C2COCCN2)nc1-c1ccccc1F. The van der Waals surface area contributed by atoms with Crippen LogP contribution in [0.2, 0.25) is 0 Å². The zero-order valence-electron chi connectivity index (χ0n) is 10.6. The first-order valence-electron chi connectivity index (χ1n) is 6.29. The van der Waals surface area contributed by atoms with E-state index in [2.05, 4.69) is 10.3 Å². The first-order valence-corrected chi connectivity index (χ1v) is 7.10. The molecule has 0 saturated carbocycles. The van der Waals surface area contributed by atoms with E-state index in [1.807, 2.05) is 13.0 Å². The third-order valence-electron chi connectivity index (χ3n) is 3.16. The van der Waals surface area contributed by atoms with Crippen LogP contribution in [0.1, 0.15) is 15.9 Å². The highest BCUT2D eigenvalue weighted by molar-refractivity contribution is 7.12. The fraction of sp³-hybridized carbons (Fsp3) is 0.357. The molecule has 3 nitrogen and oxygen atoms in total. The number of thiazole rings is 1. The largest absolute Gasteiger partial charge is 0.378 e. The maximum atomic E-state index is 13.8. The van der Waals surface area contributed by atoms with Gasteiger partial charge in [0.05, 0.1) is 24.9 Å². The molecule has 1 aromatic carbocycles. The van der Waals surface area contributed by atoms with E-state index in [1.165, 1.54) is 6.07 Å². The number of morpholine rings is 1. The normalized spacial score (nSPS) is 19.6.